The van der Waals surface area contributed by atoms with Crippen LogP contribution < -0.4 is 5.32 Å². The first kappa shape index (κ1) is 15.6. The first-order chi connectivity index (χ1) is 10.2. The molecule has 0 spiro atoms. The summed E-state index contributed by atoms with van der Waals surface area (Å²) in [6.45, 7) is 4.24. The van der Waals surface area contributed by atoms with Crippen molar-refractivity contribution in [2.24, 2.45) is 0 Å². The third kappa shape index (κ3) is 3.88. The Morgan fingerprint density at radius 2 is 2.19 bits per heavy atom. The van der Waals surface area contributed by atoms with Gasteiger partial charge in [-0.2, -0.15) is 0 Å². The molecule has 112 valence electrons. The molecule has 1 aromatic carbocycles. The van der Waals surface area contributed by atoms with Gasteiger partial charge in [0.2, 0.25) is 0 Å². The summed E-state index contributed by atoms with van der Waals surface area (Å²) in [7, 11) is 0. The van der Waals surface area contributed by atoms with E-state index in [0.29, 0.717) is 12.2 Å². The number of furan rings is 1. The Labute approximate surface area is 132 Å². The summed E-state index contributed by atoms with van der Waals surface area (Å²) < 4.78 is 11.2. The lowest BCUT2D eigenvalue weighted by Crippen LogP contribution is -2.10. The highest BCUT2D eigenvalue weighted by Gasteiger charge is 2.15. The van der Waals surface area contributed by atoms with Crippen molar-refractivity contribution in [2.75, 3.05) is 11.9 Å². The average Bonchev–Trinajstić information content (AvgIpc) is 3.00. The summed E-state index contributed by atoms with van der Waals surface area (Å²) in [5, 5.41) is 3.40. The van der Waals surface area contributed by atoms with Crippen molar-refractivity contribution < 1.29 is 13.9 Å². The van der Waals surface area contributed by atoms with E-state index in [1.54, 1.807) is 25.3 Å². The van der Waals surface area contributed by atoms with Gasteiger partial charge in [0, 0.05) is 10.2 Å². The molecule has 0 amide bonds. The van der Waals surface area contributed by atoms with Gasteiger partial charge in [0.1, 0.15) is 5.76 Å². The maximum atomic E-state index is 11.7. The molecule has 0 aliphatic rings. The summed E-state index contributed by atoms with van der Waals surface area (Å²) in [5.74, 6) is 0.571. The van der Waals surface area contributed by atoms with E-state index in [9.17, 15) is 4.79 Å². The highest BCUT2D eigenvalue weighted by Crippen LogP contribution is 2.29. The number of halogens is 1. The predicted octanol–water partition coefficient (Wildman–Crippen LogP) is 4.78. The van der Waals surface area contributed by atoms with Crippen molar-refractivity contribution in [2.45, 2.75) is 26.3 Å². The standard InChI is InChI=1S/C16H18BrNO3/c1-3-13(15-6-5-9-21-15)18-14-8-7-11(10-12(14)17)16(19)20-4-2/h5-10,13,18H,3-4H2,1-2H3. The number of nitrogens with one attached hydrogen (secondary N) is 1. The molecule has 1 atom stereocenters. The van der Waals surface area contributed by atoms with E-state index in [1.807, 2.05) is 18.2 Å². The van der Waals surface area contributed by atoms with E-state index >= 15 is 0 Å². The van der Waals surface area contributed by atoms with Crippen LogP contribution in [0.15, 0.2) is 45.5 Å². The summed E-state index contributed by atoms with van der Waals surface area (Å²) in [6.07, 6.45) is 2.55. The van der Waals surface area contributed by atoms with Gasteiger partial charge in [-0.3, -0.25) is 0 Å². The number of carbonyl (C=O) groups excluding carboxylic acids is 1. The SMILES string of the molecule is CCOC(=O)c1ccc(NC(CC)c2ccco2)c(Br)c1. The van der Waals surface area contributed by atoms with Crippen molar-refractivity contribution in [3.8, 4) is 0 Å². The first-order valence-corrected chi connectivity index (χ1v) is 7.71. The van der Waals surface area contributed by atoms with Crippen molar-refractivity contribution >= 4 is 27.6 Å². The van der Waals surface area contributed by atoms with Gasteiger partial charge in [-0.05, 0) is 59.6 Å². The van der Waals surface area contributed by atoms with Crippen molar-refractivity contribution in [1.82, 2.24) is 0 Å². The zero-order valence-corrected chi connectivity index (χ0v) is 13.6. The van der Waals surface area contributed by atoms with Gasteiger partial charge in [0.25, 0.3) is 0 Å². The summed E-state index contributed by atoms with van der Waals surface area (Å²) in [4.78, 5) is 11.7. The molecule has 1 aromatic heterocycles. The summed E-state index contributed by atoms with van der Waals surface area (Å²) >= 11 is 3.49. The third-order valence-corrected chi connectivity index (χ3v) is 3.76. The van der Waals surface area contributed by atoms with Crippen LogP contribution in [0, 0.1) is 0 Å². The molecule has 0 aliphatic heterocycles. The van der Waals surface area contributed by atoms with E-state index in [0.717, 1.165) is 22.3 Å². The largest absolute Gasteiger partial charge is 0.467 e. The van der Waals surface area contributed by atoms with Gasteiger partial charge in [0.15, 0.2) is 0 Å². The van der Waals surface area contributed by atoms with Crippen LogP contribution in [-0.4, -0.2) is 12.6 Å². The number of hydrogen-bond acceptors (Lipinski definition) is 4. The molecule has 1 N–H and O–H groups in total. The fourth-order valence-electron chi connectivity index (χ4n) is 2.03. The Morgan fingerprint density at radius 3 is 2.76 bits per heavy atom. The molecule has 4 nitrogen and oxygen atoms in total. The Hall–Kier alpha value is -1.75. The molecule has 2 aromatic rings. The van der Waals surface area contributed by atoms with E-state index in [-0.39, 0.29) is 12.0 Å². The molecule has 0 radical (unpaired) electrons. The van der Waals surface area contributed by atoms with Crippen LogP contribution in [0.4, 0.5) is 5.69 Å². The Bertz CT molecular complexity index is 596. The Balaban J connectivity index is 2.15. The van der Waals surface area contributed by atoms with E-state index < -0.39 is 0 Å². The minimum absolute atomic E-state index is 0.0877. The topological polar surface area (TPSA) is 51.5 Å². The van der Waals surface area contributed by atoms with Gasteiger partial charge < -0.3 is 14.5 Å². The van der Waals surface area contributed by atoms with Crippen LogP contribution >= 0.6 is 15.9 Å². The van der Waals surface area contributed by atoms with Crippen LogP contribution in [0.3, 0.4) is 0 Å². The second kappa shape index (κ2) is 7.31. The van der Waals surface area contributed by atoms with Gasteiger partial charge in [-0.25, -0.2) is 4.79 Å². The van der Waals surface area contributed by atoms with Crippen LogP contribution in [-0.2, 0) is 4.74 Å². The zero-order valence-electron chi connectivity index (χ0n) is 12.1. The van der Waals surface area contributed by atoms with Crippen LogP contribution in [0.5, 0.6) is 0 Å². The molecule has 0 aliphatic carbocycles. The molecule has 0 saturated carbocycles. The van der Waals surface area contributed by atoms with Gasteiger partial charge >= 0.3 is 5.97 Å². The number of hydrogen-bond donors (Lipinski definition) is 1. The number of esters is 1. The number of benzene rings is 1. The fourth-order valence-corrected chi connectivity index (χ4v) is 2.52. The summed E-state index contributed by atoms with van der Waals surface area (Å²) in [5.41, 5.74) is 1.44. The smallest absolute Gasteiger partial charge is 0.338 e. The van der Waals surface area contributed by atoms with Gasteiger partial charge in [-0.15, -0.1) is 0 Å². The molecule has 1 unspecified atom stereocenters. The molecule has 0 bridgehead atoms. The molecule has 1 heterocycles. The summed E-state index contributed by atoms with van der Waals surface area (Å²) in [6, 6.07) is 9.28. The molecule has 0 saturated heterocycles. The number of rotatable bonds is 6. The minimum atomic E-state index is -0.317. The molecule has 5 heteroatoms. The number of carbonyl (C=O) groups is 1. The quantitative estimate of drug-likeness (QED) is 0.760. The van der Waals surface area contributed by atoms with E-state index in [1.165, 1.54) is 0 Å². The monoisotopic (exact) mass is 351 g/mol. The second-order valence-corrected chi connectivity index (χ2v) is 5.39. The lowest BCUT2D eigenvalue weighted by atomic mass is 10.1. The molecular weight excluding hydrogens is 334 g/mol. The minimum Gasteiger partial charge on any atom is -0.467 e. The Kier molecular flexibility index (Phi) is 5.44. The van der Waals surface area contributed by atoms with E-state index in [4.69, 9.17) is 9.15 Å². The molecule has 21 heavy (non-hydrogen) atoms. The normalized spacial score (nSPS) is 12.0. The first-order valence-electron chi connectivity index (χ1n) is 6.92. The van der Waals surface area contributed by atoms with Gasteiger partial charge in [0.05, 0.1) is 24.5 Å². The molecule has 0 fully saturated rings. The maximum Gasteiger partial charge on any atom is 0.338 e. The third-order valence-electron chi connectivity index (χ3n) is 3.10. The predicted molar refractivity (Wildman–Crippen MR) is 85.5 cm³/mol. The van der Waals surface area contributed by atoms with E-state index in [2.05, 4.69) is 28.2 Å². The number of anilines is 1. The second-order valence-electron chi connectivity index (χ2n) is 4.54. The van der Waals surface area contributed by atoms with Gasteiger partial charge in [-0.1, -0.05) is 6.92 Å². The molecule has 2 rings (SSSR count). The highest BCUT2D eigenvalue weighted by atomic mass is 79.9. The average molecular weight is 352 g/mol. The molecular formula is C16H18BrNO3. The van der Waals surface area contributed by atoms with Crippen molar-refractivity contribution in [3.63, 3.8) is 0 Å². The fraction of sp³-hybridized carbons (Fsp3) is 0.312. The van der Waals surface area contributed by atoms with Crippen molar-refractivity contribution in [3.05, 3.63) is 52.4 Å². The van der Waals surface area contributed by atoms with Crippen LogP contribution in [0.1, 0.15) is 42.4 Å². The van der Waals surface area contributed by atoms with Crippen LogP contribution in [0.2, 0.25) is 0 Å². The lowest BCUT2D eigenvalue weighted by Gasteiger charge is -2.17. The number of ether oxygens (including phenoxy) is 1. The zero-order chi connectivity index (χ0) is 15.2. The van der Waals surface area contributed by atoms with Crippen molar-refractivity contribution in [1.29, 1.82) is 0 Å². The highest BCUT2D eigenvalue weighted by molar-refractivity contribution is 9.10. The maximum absolute atomic E-state index is 11.7. The Morgan fingerprint density at radius 1 is 1.38 bits per heavy atom. The lowest BCUT2D eigenvalue weighted by molar-refractivity contribution is 0.0526. The van der Waals surface area contributed by atoms with Crippen LogP contribution in [0.25, 0.3) is 0 Å².